The summed E-state index contributed by atoms with van der Waals surface area (Å²) in [6.07, 6.45) is 4.98. The minimum Gasteiger partial charge on any atom is -0.356 e. The first-order valence-corrected chi connectivity index (χ1v) is 8.31. The lowest BCUT2D eigenvalue weighted by Crippen LogP contribution is -2.49. The van der Waals surface area contributed by atoms with Crippen LogP contribution in [0.15, 0.2) is 35.3 Å². The zero-order chi connectivity index (χ0) is 15.8. The molecule has 0 saturated heterocycles. The molecule has 0 atom stereocenters. The quantitative estimate of drug-likeness (QED) is 0.461. The third kappa shape index (κ3) is 4.47. The van der Waals surface area contributed by atoms with Crippen molar-refractivity contribution in [2.45, 2.75) is 31.1 Å². The van der Waals surface area contributed by atoms with Crippen molar-refractivity contribution in [3.8, 4) is 0 Å². The molecular formula is C18H30N4. The summed E-state index contributed by atoms with van der Waals surface area (Å²) in [6, 6.07) is 10.9. The predicted molar refractivity (Wildman–Crippen MR) is 94.5 cm³/mol. The lowest BCUT2D eigenvalue weighted by molar-refractivity contribution is 0.244. The van der Waals surface area contributed by atoms with Gasteiger partial charge in [-0.2, -0.15) is 0 Å². The summed E-state index contributed by atoms with van der Waals surface area (Å²) >= 11 is 0. The highest BCUT2D eigenvalue weighted by Gasteiger charge is 2.38. The Labute approximate surface area is 135 Å². The second-order valence-corrected chi connectivity index (χ2v) is 6.51. The van der Waals surface area contributed by atoms with Gasteiger partial charge < -0.3 is 15.5 Å². The highest BCUT2D eigenvalue weighted by atomic mass is 15.2. The molecule has 0 aromatic heterocycles. The molecule has 0 spiro atoms. The summed E-state index contributed by atoms with van der Waals surface area (Å²) in [6.45, 7) is 3.01. The van der Waals surface area contributed by atoms with Crippen molar-refractivity contribution in [2.24, 2.45) is 4.99 Å². The van der Waals surface area contributed by atoms with Gasteiger partial charge in [0.25, 0.3) is 0 Å². The summed E-state index contributed by atoms with van der Waals surface area (Å²) in [5.41, 5.74) is 1.75. The van der Waals surface area contributed by atoms with Crippen LogP contribution in [0.3, 0.4) is 0 Å². The average Bonchev–Trinajstić information content (AvgIpc) is 2.49. The Hall–Kier alpha value is -1.55. The molecule has 1 saturated carbocycles. The summed E-state index contributed by atoms with van der Waals surface area (Å²) in [4.78, 5) is 6.55. The number of aliphatic imine (C=N–C) groups is 1. The number of benzene rings is 1. The van der Waals surface area contributed by atoms with E-state index < -0.39 is 0 Å². The van der Waals surface area contributed by atoms with E-state index in [-0.39, 0.29) is 0 Å². The number of rotatable bonds is 7. The molecule has 0 unspecified atom stereocenters. The first-order valence-electron chi connectivity index (χ1n) is 8.31. The van der Waals surface area contributed by atoms with Crippen LogP contribution in [0, 0.1) is 0 Å². The summed E-state index contributed by atoms with van der Waals surface area (Å²) in [5.74, 6) is 0.918. The van der Waals surface area contributed by atoms with Gasteiger partial charge in [0.05, 0.1) is 0 Å². The van der Waals surface area contributed by atoms with E-state index in [1.165, 1.54) is 24.8 Å². The van der Waals surface area contributed by atoms with Gasteiger partial charge in [-0.3, -0.25) is 4.99 Å². The van der Waals surface area contributed by atoms with Crippen molar-refractivity contribution >= 4 is 5.96 Å². The van der Waals surface area contributed by atoms with Crippen LogP contribution in [0.1, 0.15) is 31.2 Å². The minimum absolute atomic E-state index is 0.294. The zero-order valence-corrected chi connectivity index (χ0v) is 14.2. The molecule has 1 aromatic carbocycles. The molecule has 1 aliphatic carbocycles. The van der Waals surface area contributed by atoms with Crippen LogP contribution in [0.25, 0.3) is 0 Å². The molecule has 122 valence electrons. The van der Waals surface area contributed by atoms with Gasteiger partial charge in [-0.1, -0.05) is 36.8 Å². The second-order valence-electron chi connectivity index (χ2n) is 6.51. The molecule has 4 nitrogen and oxygen atoms in total. The van der Waals surface area contributed by atoms with Crippen LogP contribution in [0.4, 0.5) is 0 Å². The molecule has 1 aliphatic rings. The molecule has 1 aromatic rings. The van der Waals surface area contributed by atoms with Gasteiger partial charge in [-0.05, 0) is 45.5 Å². The van der Waals surface area contributed by atoms with Crippen LogP contribution in [-0.2, 0) is 5.41 Å². The van der Waals surface area contributed by atoms with Crippen LogP contribution in [0.2, 0.25) is 0 Å². The van der Waals surface area contributed by atoms with Gasteiger partial charge in [-0.15, -0.1) is 0 Å². The predicted octanol–water partition coefficient (Wildman–Crippen LogP) is 2.23. The van der Waals surface area contributed by atoms with Gasteiger partial charge in [-0.25, -0.2) is 0 Å². The van der Waals surface area contributed by atoms with Gasteiger partial charge in [0, 0.05) is 25.6 Å². The van der Waals surface area contributed by atoms with Gasteiger partial charge in [0.2, 0.25) is 0 Å². The first kappa shape index (κ1) is 16.8. The number of nitrogens with one attached hydrogen (secondary N) is 2. The zero-order valence-electron chi connectivity index (χ0n) is 14.2. The Morgan fingerprint density at radius 1 is 1.18 bits per heavy atom. The smallest absolute Gasteiger partial charge is 0.191 e. The van der Waals surface area contributed by atoms with Gasteiger partial charge in [0.15, 0.2) is 5.96 Å². The maximum absolute atomic E-state index is 4.34. The molecular weight excluding hydrogens is 272 g/mol. The fraction of sp³-hybridized carbons (Fsp3) is 0.611. The SMILES string of the molecule is CN=C(NCCCN(C)C)NCC1(c2ccccc2)CCC1. The van der Waals surface area contributed by atoms with Crippen LogP contribution in [-0.4, -0.2) is 51.6 Å². The second kappa shape index (κ2) is 8.18. The monoisotopic (exact) mass is 302 g/mol. The molecule has 0 radical (unpaired) electrons. The van der Waals surface area contributed by atoms with Gasteiger partial charge >= 0.3 is 0 Å². The van der Waals surface area contributed by atoms with E-state index in [9.17, 15) is 0 Å². The van der Waals surface area contributed by atoms with Gasteiger partial charge in [0.1, 0.15) is 0 Å². The summed E-state index contributed by atoms with van der Waals surface area (Å²) < 4.78 is 0. The largest absolute Gasteiger partial charge is 0.356 e. The maximum Gasteiger partial charge on any atom is 0.191 e. The van der Waals surface area contributed by atoms with E-state index in [1.54, 1.807) is 0 Å². The third-order valence-electron chi connectivity index (χ3n) is 4.59. The van der Waals surface area contributed by atoms with Crippen molar-refractivity contribution in [2.75, 3.05) is 40.8 Å². The molecule has 1 fully saturated rings. The number of guanidine groups is 1. The molecule has 22 heavy (non-hydrogen) atoms. The van der Waals surface area contributed by atoms with Crippen molar-refractivity contribution in [3.63, 3.8) is 0 Å². The van der Waals surface area contributed by atoms with E-state index in [1.807, 2.05) is 7.05 Å². The van der Waals surface area contributed by atoms with E-state index in [4.69, 9.17) is 0 Å². The first-order chi connectivity index (χ1) is 10.7. The molecule has 0 amide bonds. The Kier molecular flexibility index (Phi) is 6.25. The Bertz CT molecular complexity index is 463. The molecule has 0 aliphatic heterocycles. The Balaban J connectivity index is 1.82. The van der Waals surface area contributed by atoms with Crippen molar-refractivity contribution in [3.05, 3.63) is 35.9 Å². The van der Waals surface area contributed by atoms with Crippen LogP contribution >= 0.6 is 0 Å². The maximum atomic E-state index is 4.34. The van der Waals surface area contributed by atoms with Crippen molar-refractivity contribution < 1.29 is 0 Å². The fourth-order valence-electron chi connectivity index (χ4n) is 3.04. The fourth-order valence-corrected chi connectivity index (χ4v) is 3.04. The molecule has 0 bridgehead atoms. The number of nitrogens with zero attached hydrogens (tertiary/aromatic N) is 2. The lowest BCUT2D eigenvalue weighted by atomic mass is 9.64. The molecule has 4 heteroatoms. The van der Waals surface area contributed by atoms with Crippen LogP contribution < -0.4 is 10.6 Å². The van der Waals surface area contributed by atoms with Crippen LogP contribution in [0.5, 0.6) is 0 Å². The highest BCUT2D eigenvalue weighted by Crippen LogP contribution is 2.43. The summed E-state index contributed by atoms with van der Waals surface area (Å²) in [5, 5.41) is 6.93. The average molecular weight is 302 g/mol. The number of hydrogen-bond donors (Lipinski definition) is 2. The Morgan fingerprint density at radius 2 is 1.91 bits per heavy atom. The minimum atomic E-state index is 0.294. The van der Waals surface area contributed by atoms with Crippen molar-refractivity contribution in [1.29, 1.82) is 0 Å². The topological polar surface area (TPSA) is 39.7 Å². The summed E-state index contributed by atoms with van der Waals surface area (Å²) in [7, 11) is 6.05. The molecule has 2 rings (SSSR count). The van der Waals surface area contributed by atoms with Crippen molar-refractivity contribution in [1.82, 2.24) is 15.5 Å². The molecule has 0 heterocycles. The van der Waals surface area contributed by atoms with E-state index >= 15 is 0 Å². The lowest BCUT2D eigenvalue weighted by Gasteiger charge is -2.43. The highest BCUT2D eigenvalue weighted by molar-refractivity contribution is 5.79. The normalized spacial score (nSPS) is 17.2. The van der Waals surface area contributed by atoms with E-state index in [0.29, 0.717) is 5.41 Å². The van der Waals surface area contributed by atoms with E-state index in [0.717, 1.165) is 32.0 Å². The third-order valence-corrected chi connectivity index (χ3v) is 4.59. The standard InChI is InChI=1S/C18H30N4/c1-19-17(20-13-8-14-22(2)3)21-15-18(11-7-12-18)16-9-5-4-6-10-16/h4-6,9-10H,7-8,11-15H2,1-3H3,(H2,19,20,21). The molecule has 2 N–H and O–H groups in total. The number of hydrogen-bond acceptors (Lipinski definition) is 2. The van der Waals surface area contributed by atoms with E-state index in [2.05, 4.69) is 65.0 Å². The Morgan fingerprint density at radius 3 is 2.45 bits per heavy atom.